The highest BCUT2D eigenvalue weighted by atomic mass is 16.5. The Hall–Kier alpha value is -1.08. The van der Waals surface area contributed by atoms with Crippen molar-refractivity contribution in [3.8, 4) is 0 Å². The van der Waals surface area contributed by atoms with E-state index in [9.17, 15) is 0 Å². The number of benzene rings is 1. The number of hydrogen-bond acceptors (Lipinski definition) is 1. The Kier molecular flexibility index (Phi) is 2.43. The van der Waals surface area contributed by atoms with Gasteiger partial charge in [0, 0.05) is 7.11 Å². The molecule has 80 valence electrons. The minimum Gasteiger partial charge on any atom is -0.373 e. The summed E-state index contributed by atoms with van der Waals surface area (Å²) in [6.07, 6.45) is 4.41. The van der Waals surface area contributed by atoms with Gasteiger partial charge < -0.3 is 4.74 Å². The molecule has 1 aliphatic rings. The highest BCUT2D eigenvalue weighted by molar-refractivity contribution is 5.64. The zero-order valence-corrected chi connectivity index (χ0v) is 9.87. The molecule has 0 heterocycles. The molecule has 1 unspecified atom stereocenters. The molecule has 15 heavy (non-hydrogen) atoms. The topological polar surface area (TPSA) is 9.23 Å². The Labute approximate surface area is 91.8 Å². The minimum absolute atomic E-state index is 0.135. The Morgan fingerprint density at radius 3 is 2.53 bits per heavy atom. The second kappa shape index (κ2) is 3.49. The van der Waals surface area contributed by atoms with Crippen LogP contribution in [0.4, 0.5) is 0 Å². The molecule has 0 amide bonds. The van der Waals surface area contributed by atoms with E-state index in [1.54, 1.807) is 7.11 Å². The van der Waals surface area contributed by atoms with Gasteiger partial charge in [0.2, 0.25) is 0 Å². The summed E-state index contributed by atoms with van der Waals surface area (Å²) in [6, 6.07) is 6.49. The quantitative estimate of drug-likeness (QED) is 0.674. The molecule has 2 rings (SSSR count). The molecule has 1 aromatic carbocycles. The average Bonchev–Trinajstić information content (AvgIpc) is 2.58. The van der Waals surface area contributed by atoms with Gasteiger partial charge in [0.05, 0.1) is 0 Å². The largest absolute Gasteiger partial charge is 0.373 e. The third-order valence-corrected chi connectivity index (χ3v) is 2.94. The van der Waals surface area contributed by atoms with Crippen molar-refractivity contribution in [3.05, 3.63) is 41.0 Å². The first-order chi connectivity index (χ1) is 7.04. The third-order valence-electron chi connectivity index (χ3n) is 2.94. The van der Waals surface area contributed by atoms with Crippen LogP contribution >= 0.6 is 0 Å². The van der Waals surface area contributed by atoms with Crippen molar-refractivity contribution >= 4 is 6.08 Å². The van der Waals surface area contributed by atoms with E-state index in [2.05, 4.69) is 51.1 Å². The summed E-state index contributed by atoms with van der Waals surface area (Å²) < 4.78 is 5.49. The van der Waals surface area contributed by atoms with Crippen LogP contribution in [0.2, 0.25) is 0 Å². The molecule has 1 atom stereocenters. The number of hydrogen-bond donors (Lipinski definition) is 0. The van der Waals surface area contributed by atoms with Crippen LogP contribution in [-0.4, -0.2) is 7.11 Å². The van der Waals surface area contributed by atoms with Crippen LogP contribution < -0.4 is 0 Å². The van der Waals surface area contributed by atoms with E-state index in [0.717, 1.165) is 0 Å². The lowest BCUT2D eigenvalue weighted by Crippen LogP contribution is -2.16. The Balaban J connectivity index is 2.57. The number of methoxy groups -OCH3 is 1. The molecular formula is C14H18O. The fourth-order valence-corrected chi connectivity index (χ4v) is 2.18. The zero-order valence-electron chi connectivity index (χ0n) is 9.87. The highest BCUT2D eigenvalue weighted by Crippen LogP contribution is 2.38. The summed E-state index contributed by atoms with van der Waals surface area (Å²) >= 11 is 0. The smallest absolute Gasteiger partial charge is 0.101 e. The van der Waals surface area contributed by atoms with Crippen LogP contribution in [-0.2, 0) is 10.2 Å². The van der Waals surface area contributed by atoms with E-state index in [-0.39, 0.29) is 11.5 Å². The van der Waals surface area contributed by atoms with Crippen LogP contribution in [0.1, 0.15) is 43.6 Å². The van der Waals surface area contributed by atoms with E-state index in [1.165, 1.54) is 16.7 Å². The van der Waals surface area contributed by atoms with Gasteiger partial charge in [-0.15, -0.1) is 0 Å². The van der Waals surface area contributed by atoms with E-state index in [4.69, 9.17) is 4.74 Å². The first-order valence-electron chi connectivity index (χ1n) is 5.38. The number of fused-ring (bicyclic) bond motifs is 1. The van der Waals surface area contributed by atoms with Gasteiger partial charge in [0.15, 0.2) is 0 Å². The maximum atomic E-state index is 5.49. The Morgan fingerprint density at radius 2 is 1.93 bits per heavy atom. The lowest BCUT2D eigenvalue weighted by molar-refractivity contribution is 0.143. The predicted molar refractivity (Wildman–Crippen MR) is 63.9 cm³/mol. The molecule has 0 bridgehead atoms. The Bertz CT molecular complexity index is 396. The minimum atomic E-state index is 0.135. The first-order valence-corrected chi connectivity index (χ1v) is 5.38. The Morgan fingerprint density at radius 1 is 1.20 bits per heavy atom. The lowest BCUT2D eigenvalue weighted by atomic mass is 9.82. The molecule has 0 radical (unpaired) electrons. The summed E-state index contributed by atoms with van der Waals surface area (Å²) in [5.41, 5.74) is 4.20. The molecule has 0 spiro atoms. The zero-order chi connectivity index (χ0) is 11.1. The fraction of sp³-hybridized carbons (Fsp3) is 0.429. The van der Waals surface area contributed by atoms with Crippen molar-refractivity contribution in [2.75, 3.05) is 7.11 Å². The van der Waals surface area contributed by atoms with Gasteiger partial charge >= 0.3 is 0 Å². The van der Waals surface area contributed by atoms with Gasteiger partial charge in [-0.1, -0.05) is 51.1 Å². The summed E-state index contributed by atoms with van der Waals surface area (Å²) in [5.74, 6) is 0. The van der Waals surface area contributed by atoms with Crippen molar-refractivity contribution in [3.63, 3.8) is 0 Å². The van der Waals surface area contributed by atoms with E-state index < -0.39 is 0 Å². The molecular weight excluding hydrogens is 184 g/mol. The highest BCUT2D eigenvalue weighted by Gasteiger charge is 2.26. The molecule has 1 aromatic rings. The van der Waals surface area contributed by atoms with Crippen LogP contribution in [0.5, 0.6) is 0 Å². The summed E-state index contributed by atoms with van der Waals surface area (Å²) in [5, 5.41) is 0. The standard InChI is InChI=1S/C14H18O/c1-14(2,3)11-7-5-6-10-8-9-12(15-4)13(10)11/h5-9,12H,1-4H3. The average molecular weight is 202 g/mol. The van der Waals surface area contributed by atoms with Gasteiger partial charge in [0.25, 0.3) is 0 Å². The van der Waals surface area contributed by atoms with Gasteiger partial charge in [-0.05, 0) is 22.1 Å². The van der Waals surface area contributed by atoms with Gasteiger partial charge in [-0.2, -0.15) is 0 Å². The van der Waals surface area contributed by atoms with E-state index in [1.807, 2.05) is 0 Å². The number of rotatable bonds is 1. The van der Waals surface area contributed by atoms with Gasteiger partial charge in [-0.3, -0.25) is 0 Å². The predicted octanol–water partition coefficient (Wildman–Crippen LogP) is 3.70. The van der Waals surface area contributed by atoms with Crippen LogP contribution in [0.3, 0.4) is 0 Å². The van der Waals surface area contributed by atoms with Gasteiger partial charge in [-0.25, -0.2) is 0 Å². The van der Waals surface area contributed by atoms with Crippen molar-refractivity contribution in [2.45, 2.75) is 32.3 Å². The normalized spacial score (nSPS) is 19.3. The van der Waals surface area contributed by atoms with Gasteiger partial charge in [0.1, 0.15) is 6.10 Å². The molecule has 1 heteroatoms. The molecule has 1 aliphatic carbocycles. The molecule has 0 saturated carbocycles. The maximum Gasteiger partial charge on any atom is 0.101 e. The summed E-state index contributed by atoms with van der Waals surface area (Å²) in [7, 11) is 1.77. The molecule has 0 aromatic heterocycles. The summed E-state index contributed by atoms with van der Waals surface area (Å²) in [4.78, 5) is 0. The first kappa shape index (κ1) is 10.4. The molecule has 0 aliphatic heterocycles. The fourth-order valence-electron chi connectivity index (χ4n) is 2.18. The number of ether oxygens (including phenoxy) is 1. The molecule has 0 N–H and O–H groups in total. The monoisotopic (exact) mass is 202 g/mol. The lowest BCUT2D eigenvalue weighted by Gasteiger charge is -2.25. The maximum absolute atomic E-state index is 5.49. The summed E-state index contributed by atoms with van der Waals surface area (Å²) in [6.45, 7) is 6.73. The molecule has 0 fully saturated rings. The third kappa shape index (κ3) is 1.72. The SMILES string of the molecule is COC1C=Cc2cccc(C(C)(C)C)c21. The van der Waals surface area contributed by atoms with Crippen LogP contribution in [0.15, 0.2) is 24.3 Å². The van der Waals surface area contributed by atoms with Crippen LogP contribution in [0.25, 0.3) is 6.08 Å². The molecule has 0 saturated heterocycles. The van der Waals surface area contributed by atoms with Crippen molar-refractivity contribution < 1.29 is 4.74 Å². The van der Waals surface area contributed by atoms with Crippen molar-refractivity contribution in [1.29, 1.82) is 0 Å². The van der Waals surface area contributed by atoms with E-state index in [0.29, 0.717) is 0 Å². The molecule has 1 nitrogen and oxygen atoms in total. The van der Waals surface area contributed by atoms with Crippen molar-refractivity contribution in [1.82, 2.24) is 0 Å². The van der Waals surface area contributed by atoms with E-state index >= 15 is 0 Å². The van der Waals surface area contributed by atoms with Crippen molar-refractivity contribution in [2.24, 2.45) is 0 Å². The second-order valence-corrected chi connectivity index (χ2v) is 5.07. The van der Waals surface area contributed by atoms with Crippen LogP contribution in [0, 0.1) is 0 Å². The second-order valence-electron chi connectivity index (χ2n) is 5.07.